The highest BCUT2D eigenvalue weighted by Gasteiger charge is 2.30. The third-order valence-corrected chi connectivity index (χ3v) is 5.99. The van der Waals surface area contributed by atoms with Crippen LogP contribution in [0.15, 0.2) is 36.4 Å². The fourth-order valence-electron chi connectivity index (χ4n) is 4.35. The number of aryl methyl sites for hydroxylation is 3. The van der Waals surface area contributed by atoms with Crippen molar-refractivity contribution in [3.63, 3.8) is 0 Å². The number of carbonyl (C=O) groups excluding carboxylic acids is 1. The summed E-state index contributed by atoms with van der Waals surface area (Å²) in [6.07, 6.45) is 2.13. The number of aromatic nitrogens is 3. The first-order valence-corrected chi connectivity index (χ1v) is 11.1. The summed E-state index contributed by atoms with van der Waals surface area (Å²) in [6, 6.07) is 9.32. The van der Waals surface area contributed by atoms with Crippen molar-refractivity contribution in [3.05, 3.63) is 76.0 Å². The van der Waals surface area contributed by atoms with Crippen LogP contribution in [0.5, 0.6) is 0 Å². The first kappa shape index (κ1) is 23.4. The zero-order chi connectivity index (χ0) is 24.2. The Morgan fingerprint density at radius 1 is 1.21 bits per heavy atom. The van der Waals surface area contributed by atoms with Crippen molar-refractivity contribution in [2.24, 2.45) is 5.73 Å². The standard InChI is InChI=1S/C24H26FN5O4/c25-16-6-3-14(4-7-16)18(12-20(32)33)22-21(23(26)34)19(13-31)30(29-22)11-9-17-8-5-15-2-1-10-27-24(15)28-17/h3-8,18,31H,1-2,9-13H2,(H2,26,34)(H,27,28)(H,32,33). The molecule has 1 unspecified atom stereocenters. The summed E-state index contributed by atoms with van der Waals surface area (Å²) in [7, 11) is 0. The highest BCUT2D eigenvalue weighted by Crippen LogP contribution is 2.32. The molecule has 0 aliphatic carbocycles. The number of halogens is 1. The van der Waals surface area contributed by atoms with E-state index in [1.54, 1.807) is 0 Å². The second-order valence-electron chi connectivity index (χ2n) is 8.25. The summed E-state index contributed by atoms with van der Waals surface area (Å²) >= 11 is 0. The van der Waals surface area contributed by atoms with Crippen LogP contribution in [0.25, 0.3) is 0 Å². The summed E-state index contributed by atoms with van der Waals surface area (Å²) in [5, 5.41) is 27.3. The highest BCUT2D eigenvalue weighted by molar-refractivity contribution is 5.95. The molecule has 1 amide bonds. The molecule has 3 aromatic rings. The van der Waals surface area contributed by atoms with Gasteiger partial charge in [0, 0.05) is 31.1 Å². The van der Waals surface area contributed by atoms with Gasteiger partial charge in [-0.05, 0) is 42.2 Å². The molecule has 0 saturated carbocycles. The van der Waals surface area contributed by atoms with Crippen LogP contribution >= 0.6 is 0 Å². The van der Waals surface area contributed by atoms with Gasteiger partial charge in [0.15, 0.2) is 0 Å². The van der Waals surface area contributed by atoms with E-state index < -0.39 is 30.2 Å². The quantitative estimate of drug-likeness (QED) is 0.378. The SMILES string of the molecule is NC(=O)c1c(C(CC(=O)O)c2ccc(F)cc2)nn(CCc2ccc3c(n2)NCCC3)c1CO. The Kier molecular flexibility index (Phi) is 6.87. The number of rotatable bonds is 9. The Morgan fingerprint density at radius 3 is 2.65 bits per heavy atom. The van der Waals surface area contributed by atoms with Crippen LogP contribution in [0.4, 0.5) is 10.2 Å². The molecule has 0 saturated heterocycles. The van der Waals surface area contributed by atoms with Crippen molar-refractivity contribution in [3.8, 4) is 0 Å². The van der Waals surface area contributed by atoms with Crippen molar-refractivity contribution >= 4 is 17.7 Å². The second kappa shape index (κ2) is 10.0. The molecule has 5 N–H and O–H groups in total. The van der Waals surface area contributed by atoms with Crippen molar-refractivity contribution < 1.29 is 24.2 Å². The molecule has 4 rings (SSSR count). The number of amides is 1. The predicted molar refractivity (Wildman–Crippen MR) is 122 cm³/mol. The number of pyridine rings is 1. The number of carboxylic acids is 1. The molecule has 3 heterocycles. The molecule has 9 nitrogen and oxygen atoms in total. The number of fused-ring (bicyclic) bond motifs is 1. The molecule has 0 fully saturated rings. The third kappa shape index (κ3) is 4.91. The van der Waals surface area contributed by atoms with Gasteiger partial charge in [-0.1, -0.05) is 18.2 Å². The lowest BCUT2D eigenvalue weighted by Gasteiger charge is -2.17. The largest absolute Gasteiger partial charge is 0.481 e. The minimum atomic E-state index is -1.12. The molecule has 178 valence electrons. The van der Waals surface area contributed by atoms with Crippen LogP contribution in [0.2, 0.25) is 0 Å². The van der Waals surface area contributed by atoms with Gasteiger partial charge in [0.25, 0.3) is 5.91 Å². The first-order valence-electron chi connectivity index (χ1n) is 11.1. The van der Waals surface area contributed by atoms with Crippen LogP contribution in [0, 0.1) is 5.82 Å². The van der Waals surface area contributed by atoms with Gasteiger partial charge in [0.05, 0.1) is 30.0 Å². The van der Waals surface area contributed by atoms with Crippen LogP contribution < -0.4 is 11.1 Å². The molecule has 1 aliphatic rings. The van der Waals surface area contributed by atoms with E-state index >= 15 is 0 Å². The van der Waals surface area contributed by atoms with Crippen molar-refractivity contribution in [2.75, 3.05) is 11.9 Å². The van der Waals surface area contributed by atoms with Crippen LogP contribution in [-0.2, 0) is 30.8 Å². The number of hydrogen-bond acceptors (Lipinski definition) is 6. The maximum absolute atomic E-state index is 13.5. The summed E-state index contributed by atoms with van der Waals surface area (Å²) in [4.78, 5) is 28.6. The number of hydrogen-bond donors (Lipinski definition) is 4. The van der Waals surface area contributed by atoms with E-state index in [2.05, 4.69) is 15.4 Å². The van der Waals surface area contributed by atoms with E-state index in [1.165, 1.54) is 34.5 Å². The average molecular weight is 468 g/mol. The van der Waals surface area contributed by atoms with Gasteiger partial charge in [-0.25, -0.2) is 9.37 Å². The van der Waals surface area contributed by atoms with Gasteiger partial charge in [0.1, 0.15) is 11.6 Å². The topological polar surface area (TPSA) is 143 Å². The van der Waals surface area contributed by atoms with Crippen molar-refractivity contribution in [2.45, 2.75) is 44.8 Å². The number of benzene rings is 1. The molecule has 1 aromatic carbocycles. The van der Waals surface area contributed by atoms with Crippen LogP contribution in [0.1, 0.15) is 57.3 Å². The molecule has 0 radical (unpaired) electrons. The second-order valence-corrected chi connectivity index (χ2v) is 8.25. The van der Waals surface area contributed by atoms with Gasteiger partial charge >= 0.3 is 5.97 Å². The van der Waals surface area contributed by atoms with Crippen molar-refractivity contribution in [1.29, 1.82) is 0 Å². The van der Waals surface area contributed by atoms with E-state index in [-0.39, 0.29) is 23.4 Å². The predicted octanol–water partition coefficient (Wildman–Crippen LogP) is 2.22. The smallest absolute Gasteiger partial charge is 0.304 e. The number of aliphatic hydroxyl groups excluding tert-OH is 1. The number of nitrogens with zero attached hydrogens (tertiary/aromatic N) is 3. The number of primary amides is 1. The Hall–Kier alpha value is -3.79. The Balaban J connectivity index is 1.69. The maximum Gasteiger partial charge on any atom is 0.304 e. The van der Waals surface area contributed by atoms with E-state index in [0.717, 1.165) is 30.9 Å². The average Bonchev–Trinajstić information content (AvgIpc) is 3.20. The summed E-state index contributed by atoms with van der Waals surface area (Å²) in [6.45, 7) is 0.662. The number of carbonyl (C=O) groups is 2. The molecule has 10 heteroatoms. The van der Waals surface area contributed by atoms with Gasteiger partial charge in [0.2, 0.25) is 0 Å². The minimum absolute atomic E-state index is 0.0156. The molecule has 1 atom stereocenters. The molecule has 2 aromatic heterocycles. The minimum Gasteiger partial charge on any atom is -0.481 e. The fourth-order valence-corrected chi connectivity index (χ4v) is 4.35. The van der Waals surface area contributed by atoms with Gasteiger partial charge in [-0.15, -0.1) is 0 Å². The van der Waals surface area contributed by atoms with Gasteiger partial charge in [-0.3, -0.25) is 14.3 Å². The van der Waals surface area contributed by atoms with E-state index in [0.29, 0.717) is 18.5 Å². The number of carboxylic acid groups (broad SMARTS) is 1. The number of nitrogens with one attached hydrogen (secondary N) is 1. The number of anilines is 1. The molecule has 0 bridgehead atoms. The monoisotopic (exact) mass is 467 g/mol. The van der Waals surface area contributed by atoms with Crippen LogP contribution in [0.3, 0.4) is 0 Å². The Bertz CT molecular complexity index is 1210. The molecule has 34 heavy (non-hydrogen) atoms. The lowest BCUT2D eigenvalue weighted by Crippen LogP contribution is -2.18. The zero-order valence-corrected chi connectivity index (χ0v) is 18.5. The number of aliphatic carboxylic acids is 1. The van der Waals surface area contributed by atoms with Gasteiger partial charge in [-0.2, -0.15) is 5.10 Å². The summed E-state index contributed by atoms with van der Waals surface area (Å²) in [5.41, 5.74) is 8.42. The number of aliphatic hydroxyl groups is 1. The first-order chi connectivity index (χ1) is 16.4. The normalized spacial score (nSPS) is 13.7. The summed E-state index contributed by atoms with van der Waals surface area (Å²) in [5.74, 6) is -2.39. The highest BCUT2D eigenvalue weighted by atomic mass is 19.1. The van der Waals surface area contributed by atoms with Gasteiger partial charge < -0.3 is 21.3 Å². The molecular weight excluding hydrogens is 441 g/mol. The fraction of sp³-hybridized carbons (Fsp3) is 0.333. The summed E-state index contributed by atoms with van der Waals surface area (Å²) < 4.78 is 14.9. The molecule has 1 aliphatic heterocycles. The Labute approximate surface area is 195 Å². The zero-order valence-electron chi connectivity index (χ0n) is 18.5. The van der Waals surface area contributed by atoms with E-state index in [9.17, 15) is 24.2 Å². The van der Waals surface area contributed by atoms with Crippen LogP contribution in [-0.4, -0.2) is 43.4 Å². The van der Waals surface area contributed by atoms with Crippen molar-refractivity contribution in [1.82, 2.24) is 14.8 Å². The lowest BCUT2D eigenvalue weighted by atomic mass is 9.89. The third-order valence-electron chi connectivity index (χ3n) is 5.99. The molecular formula is C24H26FN5O4. The van der Waals surface area contributed by atoms with E-state index in [4.69, 9.17) is 5.73 Å². The maximum atomic E-state index is 13.5. The Morgan fingerprint density at radius 2 is 1.97 bits per heavy atom. The van der Waals surface area contributed by atoms with E-state index in [1.807, 2.05) is 12.1 Å². The lowest BCUT2D eigenvalue weighted by molar-refractivity contribution is -0.137. The molecule has 0 spiro atoms. The number of nitrogens with two attached hydrogens (primary N) is 1.